The van der Waals surface area contributed by atoms with Crippen LogP contribution in [-0.2, 0) is 14.3 Å². The van der Waals surface area contributed by atoms with Crippen LogP contribution in [0.4, 0.5) is 0 Å². The summed E-state index contributed by atoms with van der Waals surface area (Å²) in [6.07, 6.45) is 2.09. The highest BCUT2D eigenvalue weighted by molar-refractivity contribution is 5.98. The van der Waals surface area contributed by atoms with Crippen LogP contribution in [0.5, 0.6) is 0 Å². The van der Waals surface area contributed by atoms with Crippen molar-refractivity contribution in [1.82, 2.24) is 0 Å². The van der Waals surface area contributed by atoms with E-state index in [1.54, 1.807) is 6.92 Å². The van der Waals surface area contributed by atoms with Gasteiger partial charge in [-0.15, -0.1) is 0 Å². The first-order valence-corrected chi connectivity index (χ1v) is 5.82. The average molecular weight is 230 g/mol. The van der Waals surface area contributed by atoms with Crippen molar-refractivity contribution in [3.63, 3.8) is 0 Å². The Morgan fingerprint density at radius 3 is 2.06 bits per heavy atom. The van der Waals surface area contributed by atoms with Crippen molar-refractivity contribution in [2.75, 3.05) is 6.61 Å². The molecule has 0 aliphatic heterocycles. The van der Waals surface area contributed by atoms with Crippen LogP contribution in [-0.4, -0.2) is 23.7 Å². The molecule has 94 valence electrons. The van der Waals surface area contributed by atoms with Gasteiger partial charge in [-0.2, -0.15) is 0 Å². The summed E-state index contributed by atoms with van der Waals surface area (Å²) in [5.74, 6) is -1.49. The zero-order chi connectivity index (χ0) is 12.8. The molecule has 0 aliphatic carbocycles. The van der Waals surface area contributed by atoms with Crippen LogP contribution in [0.2, 0.25) is 0 Å². The number of carbonyl (C=O) groups excluding carboxylic acids is 1. The van der Waals surface area contributed by atoms with E-state index in [0.29, 0.717) is 6.42 Å². The Labute approximate surface area is 97.0 Å². The fraction of sp³-hybridized carbons (Fsp3) is 0.833. The van der Waals surface area contributed by atoms with E-state index < -0.39 is 17.4 Å². The minimum absolute atomic E-state index is 0.213. The number of ether oxygens (including phenoxy) is 1. The Kier molecular flexibility index (Phi) is 6.08. The second kappa shape index (κ2) is 6.51. The lowest BCUT2D eigenvalue weighted by Crippen LogP contribution is -2.39. The molecule has 0 amide bonds. The van der Waals surface area contributed by atoms with Crippen molar-refractivity contribution < 1.29 is 19.4 Å². The maximum atomic E-state index is 11.7. The Morgan fingerprint density at radius 2 is 1.75 bits per heavy atom. The van der Waals surface area contributed by atoms with Gasteiger partial charge in [-0.05, 0) is 26.2 Å². The highest BCUT2D eigenvalue weighted by Crippen LogP contribution is 2.31. The van der Waals surface area contributed by atoms with Gasteiger partial charge in [0.1, 0.15) is 0 Å². The van der Waals surface area contributed by atoms with E-state index in [1.165, 1.54) is 6.92 Å². The number of aliphatic carboxylic acids is 1. The van der Waals surface area contributed by atoms with Crippen LogP contribution in [0.25, 0.3) is 0 Å². The van der Waals surface area contributed by atoms with Crippen LogP contribution < -0.4 is 0 Å². The first-order valence-electron chi connectivity index (χ1n) is 5.82. The summed E-state index contributed by atoms with van der Waals surface area (Å²) in [7, 11) is 0. The topological polar surface area (TPSA) is 63.6 Å². The van der Waals surface area contributed by atoms with Crippen molar-refractivity contribution >= 4 is 11.9 Å². The van der Waals surface area contributed by atoms with Gasteiger partial charge in [-0.25, -0.2) is 0 Å². The summed E-state index contributed by atoms with van der Waals surface area (Å²) in [5, 5.41) is 9.17. The van der Waals surface area contributed by atoms with E-state index in [-0.39, 0.29) is 12.5 Å². The Bertz CT molecular complexity index is 245. The molecule has 0 spiro atoms. The molecule has 0 aromatic carbocycles. The highest BCUT2D eigenvalue weighted by Gasteiger charge is 2.43. The van der Waals surface area contributed by atoms with Gasteiger partial charge in [0.2, 0.25) is 0 Å². The van der Waals surface area contributed by atoms with Gasteiger partial charge < -0.3 is 9.84 Å². The molecule has 0 radical (unpaired) electrons. The molecule has 0 saturated carbocycles. The van der Waals surface area contributed by atoms with Crippen LogP contribution >= 0.6 is 0 Å². The summed E-state index contributed by atoms with van der Waals surface area (Å²) in [6, 6.07) is 0. The molecule has 0 aromatic rings. The predicted octanol–water partition coefficient (Wildman–Crippen LogP) is 2.47. The second-order valence-corrected chi connectivity index (χ2v) is 4.24. The van der Waals surface area contributed by atoms with Gasteiger partial charge in [0.15, 0.2) is 5.41 Å². The molecule has 1 atom stereocenters. The fourth-order valence-electron chi connectivity index (χ4n) is 1.70. The number of rotatable bonds is 7. The molecule has 0 bridgehead atoms. The van der Waals surface area contributed by atoms with Crippen molar-refractivity contribution in [2.45, 2.75) is 47.0 Å². The smallest absolute Gasteiger partial charge is 0.323 e. The lowest BCUT2D eigenvalue weighted by atomic mass is 9.79. The SMILES string of the molecule is CCOC(=O)C(C)(CC(CC)CC)C(=O)O. The predicted molar refractivity (Wildman–Crippen MR) is 61.1 cm³/mol. The largest absolute Gasteiger partial charge is 0.480 e. The second-order valence-electron chi connectivity index (χ2n) is 4.24. The third-order valence-corrected chi connectivity index (χ3v) is 3.05. The monoisotopic (exact) mass is 230 g/mol. The molecular formula is C12H22O4. The molecule has 4 heteroatoms. The highest BCUT2D eigenvalue weighted by atomic mass is 16.5. The van der Waals surface area contributed by atoms with E-state index in [2.05, 4.69) is 0 Å². The van der Waals surface area contributed by atoms with Crippen molar-refractivity contribution in [2.24, 2.45) is 11.3 Å². The van der Waals surface area contributed by atoms with Gasteiger partial charge in [-0.1, -0.05) is 26.7 Å². The van der Waals surface area contributed by atoms with E-state index in [9.17, 15) is 9.59 Å². The number of carboxylic acid groups (broad SMARTS) is 1. The zero-order valence-corrected chi connectivity index (χ0v) is 10.6. The van der Waals surface area contributed by atoms with Crippen LogP contribution in [0.15, 0.2) is 0 Å². The van der Waals surface area contributed by atoms with Crippen molar-refractivity contribution in [1.29, 1.82) is 0 Å². The van der Waals surface area contributed by atoms with Gasteiger partial charge in [0, 0.05) is 0 Å². The third-order valence-electron chi connectivity index (χ3n) is 3.05. The Morgan fingerprint density at radius 1 is 1.25 bits per heavy atom. The number of carboxylic acids is 1. The quantitative estimate of drug-likeness (QED) is 0.539. The number of esters is 1. The maximum absolute atomic E-state index is 11.7. The minimum Gasteiger partial charge on any atom is -0.480 e. The van der Waals surface area contributed by atoms with Crippen LogP contribution in [0.1, 0.15) is 47.0 Å². The number of hydrogen-bond donors (Lipinski definition) is 1. The lowest BCUT2D eigenvalue weighted by molar-refractivity contribution is -0.168. The van der Waals surface area contributed by atoms with E-state index in [1.807, 2.05) is 13.8 Å². The fourth-order valence-corrected chi connectivity index (χ4v) is 1.70. The van der Waals surface area contributed by atoms with Crippen LogP contribution in [0, 0.1) is 11.3 Å². The Hall–Kier alpha value is -1.06. The van der Waals surface area contributed by atoms with Gasteiger partial charge in [-0.3, -0.25) is 9.59 Å². The number of carbonyl (C=O) groups is 2. The van der Waals surface area contributed by atoms with E-state index in [0.717, 1.165) is 12.8 Å². The minimum atomic E-state index is -1.41. The van der Waals surface area contributed by atoms with Gasteiger partial charge >= 0.3 is 11.9 Å². The summed E-state index contributed by atoms with van der Waals surface area (Å²) < 4.78 is 4.84. The molecule has 0 fully saturated rings. The summed E-state index contributed by atoms with van der Waals surface area (Å²) in [5.41, 5.74) is -1.41. The van der Waals surface area contributed by atoms with Crippen molar-refractivity contribution in [3.05, 3.63) is 0 Å². The standard InChI is InChI=1S/C12H22O4/c1-5-9(6-2)8-12(4,10(13)14)11(15)16-7-3/h9H,5-8H2,1-4H3,(H,13,14). The molecule has 0 rings (SSSR count). The molecule has 0 heterocycles. The molecule has 0 saturated heterocycles. The molecular weight excluding hydrogens is 208 g/mol. The molecule has 0 aromatic heterocycles. The van der Waals surface area contributed by atoms with E-state index in [4.69, 9.17) is 9.84 Å². The maximum Gasteiger partial charge on any atom is 0.323 e. The normalized spacial score (nSPS) is 14.6. The third kappa shape index (κ3) is 3.51. The summed E-state index contributed by atoms with van der Waals surface area (Å²) in [6.45, 7) is 7.34. The van der Waals surface area contributed by atoms with Gasteiger partial charge in [0.25, 0.3) is 0 Å². The summed E-state index contributed by atoms with van der Waals surface area (Å²) in [4.78, 5) is 22.9. The zero-order valence-electron chi connectivity index (χ0n) is 10.6. The Balaban J connectivity index is 4.82. The van der Waals surface area contributed by atoms with Crippen LogP contribution in [0.3, 0.4) is 0 Å². The van der Waals surface area contributed by atoms with E-state index >= 15 is 0 Å². The van der Waals surface area contributed by atoms with Gasteiger partial charge in [0.05, 0.1) is 6.61 Å². The van der Waals surface area contributed by atoms with Crippen molar-refractivity contribution in [3.8, 4) is 0 Å². The first kappa shape index (κ1) is 14.9. The molecule has 1 unspecified atom stereocenters. The lowest BCUT2D eigenvalue weighted by Gasteiger charge is -2.26. The molecule has 4 nitrogen and oxygen atoms in total. The summed E-state index contributed by atoms with van der Waals surface area (Å²) >= 11 is 0. The molecule has 1 N–H and O–H groups in total. The molecule has 16 heavy (non-hydrogen) atoms. The number of hydrogen-bond acceptors (Lipinski definition) is 3. The molecule has 0 aliphatic rings. The first-order chi connectivity index (χ1) is 7.42. The average Bonchev–Trinajstić information content (AvgIpc) is 2.25.